The lowest BCUT2D eigenvalue weighted by atomic mass is 10.2. The molecule has 1 aliphatic heterocycles. The summed E-state index contributed by atoms with van der Waals surface area (Å²) in [6.45, 7) is 8.35. The van der Waals surface area contributed by atoms with Crippen LogP contribution in [0.15, 0.2) is 42.5 Å². The van der Waals surface area contributed by atoms with Crippen LogP contribution in [-0.4, -0.2) is 53.2 Å². The van der Waals surface area contributed by atoms with Gasteiger partial charge in [0.1, 0.15) is 0 Å². The third-order valence-corrected chi connectivity index (χ3v) is 4.28. The number of nitrogens with zero attached hydrogens (tertiary/aromatic N) is 4. The molecule has 3 rings (SSSR count). The van der Waals surface area contributed by atoms with Crippen molar-refractivity contribution in [3.63, 3.8) is 0 Å². The number of anilines is 2. The topological polar surface area (TPSA) is 61.4 Å². The molecule has 1 fully saturated rings. The molecule has 1 aliphatic rings. The average molecular weight is 325 g/mol. The number of amides is 1. The van der Waals surface area contributed by atoms with Gasteiger partial charge in [0.15, 0.2) is 11.5 Å². The molecule has 24 heavy (non-hydrogen) atoms. The molecule has 0 radical (unpaired) electrons. The van der Waals surface area contributed by atoms with Crippen LogP contribution >= 0.6 is 0 Å². The Morgan fingerprint density at radius 3 is 2.29 bits per heavy atom. The van der Waals surface area contributed by atoms with E-state index in [1.54, 1.807) is 6.07 Å². The fourth-order valence-corrected chi connectivity index (χ4v) is 2.80. The molecule has 126 valence electrons. The summed E-state index contributed by atoms with van der Waals surface area (Å²) in [6.07, 6.45) is 0. The number of benzene rings is 1. The average Bonchev–Trinajstić information content (AvgIpc) is 2.63. The van der Waals surface area contributed by atoms with Gasteiger partial charge in [-0.25, -0.2) is 0 Å². The molecular formula is C18H23N5O. The van der Waals surface area contributed by atoms with E-state index >= 15 is 0 Å². The molecule has 1 amide bonds. The molecule has 1 aromatic heterocycles. The Kier molecular flexibility index (Phi) is 5.05. The zero-order chi connectivity index (χ0) is 16.9. The van der Waals surface area contributed by atoms with Crippen LogP contribution in [0.4, 0.5) is 11.5 Å². The van der Waals surface area contributed by atoms with E-state index in [2.05, 4.69) is 39.2 Å². The van der Waals surface area contributed by atoms with Gasteiger partial charge < -0.3 is 10.2 Å². The van der Waals surface area contributed by atoms with E-state index in [0.29, 0.717) is 11.7 Å². The van der Waals surface area contributed by atoms with Crippen molar-refractivity contribution < 1.29 is 4.79 Å². The molecule has 0 atom stereocenters. The van der Waals surface area contributed by atoms with E-state index in [9.17, 15) is 4.79 Å². The first kappa shape index (κ1) is 16.4. The molecule has 0 bridgehead atoms. The van der Waals surface area contributed by atoms with Crippen LogP contribution in [0.25, 0.3) is 0 Å². The number of aromatic nitrogens is 2. The molecule has 2 heterocycles. The third-order valence-electron chi connectivity index (χ3n) is 4.28. The lowest BCUT2D eigenvalue weighted by Gasteiger charge is -2.37. The fourth-order valence-electron chi connectivity index (χ4n) is 2.80. The Bertz CT molecular complexity index is 664. The molecule has 6 heteroatoms. The van der Waals surface area contributed by atoms with Crippen LogP contribution in [0.5, 0.6) is 0 Å². The van der Waals surface area contributed by atoms with Crippen molar-refractivity contribution in [2.24, 2.45) is 0 Å². The molecule has 0 aliphatic carbocycles. The SMILES string of the molecule is CC(C)N1CCN(c2ccc(C(=O)Nc3ccccc3)nn2)CC1. The first-order chi connectivity index (χ1) is 11.6. The van der Waals surface area contributed by atoms with Crippen molar-refractivity contribution in [2.45, 2.75) is 19.9 Å². The molecule has 6 nitrogen and oxygen atoms in total. The predicted molar refractivity (Wildman–Crippen MR) is 95.3 cm³/mol. The highest BCUT2D eigenvalue weighted by molar-refractivity contribution is 6.02. The largest absolute Gasteiger partial charge is 0.353 e. The zero-order valence-corrected chi connectivity index (χ0v) is 14.1. The smallest absolute Gasteiger partial charge is 0.276 e. The van der Waals surface area contributed by atoms with E-state index in [1.807, 2.05) is 36.4 Å². The summed E-state index contributed by atoms with van der Waals surface area (Å²) >= 11 is 0. The van der Waals surface area contributed by atoms with Crippen LogP contribution in [0.1, 0.15) is 24.3 Å². The Morgan fingerprint density at radius 2 is 1.71 bits per heavy atom. The van der Waals surface area contributed by atoms with Gasteiger partial charge in [0.2, 0.25) is 0 Å². The van der Waals surface area contributed by atoms with Gasteiger partial charge in [0, 0.05) is 37.9 Å². The van der Waals surface area contributed by atoms with Crippen molar-refractivity contribution in [1.82, 2.24) is 15.1 Å². The summed E-state index contributed by atoms with van der Waals surface area (Å²) in [7, 11) is 0. The molecule has 0 unspecified atom stereocenters. The molecule has 0 spiro atoms. The summed E-state index contributed by atoms with van der Waals surface area (Å²) in [5.41, 5.74) is 1.07. The van der Waals surface area contributed by atoms with Crippen LogP contribution in [0.3, 0.4) is 0 Å². The van der Waals surface area contributed by atoms with Crippen molar-refractivity contribution in [2.75, 3.05) is 36.4 Å². The lowest BCUT2D eigenvalue weighted by molar-refractivity contribution is 0.102. The van der Waals surface area contributed by atoms with Crippen LogP contribution in [-0.2, 0) is 0 Å². The Hall–Kier alpha value is -2.47. The van der Waals surface area contributed by atoms with Gasteiger partial charge in [0.25, 0.3) is 5.91 Å². The second-order valence-electron chi connectivity index (χ2n) is 6.21. The van der Waals surface area contributed by atoms with E-state index in [1.165, 1.54) is 0 Å². The molecule has 1 saturated heterocycles. The van der Waals surface area contributed by atoms with Crippen molar-refractivity contribution >= 4 is 17.4 Å². The number of hydrogen-bond donors (Lipinski definition) is 1. The Balaban J connectivity index is 1.60. The number of nitrogens with one attached hydrogen (secondary N) is 1. The van der Waals surface area contributed by atoms with Crippen LogP contribution in [0, 0.1) is 0 Å². The minimum Gasteiger partial charge on any atom is -0.353 e. The minimum atomic E-state index is -0.245. The molecule has 2 aromatic rings. The molecular weight excluding hydrogens is 302 g/mol. The number of carbonyl (C=O) groups is 1. The third kappa shape index (κ3) is 3.89. The Morgan fingerprint density at radius 1 is 1.00 bits per heavy atom. The van der Waals surface area contributed by atoms with Gasteiger partial charge in [-0.3, -0.25) is 9.69 Å². The summed E-state index contributed by atoms with van der Waals surface area (Å²) in [5.74, 6) is 0.583. The molecule has 1 aromatic carbocycles. The normalized spacial score (nSPS) is 15.5. The number of rotatable bonds is 4. The highest BCUT2D eigenvalue weighted by Crippen LogP contribution is 2.15. The van der Waals surface area contributed by atoms with Gasteiger partial charge >= 0.3 is 0 Å². The highest BCUT2D eigenvalue weighted by Gasteiger charge is 2.20. The van der Waals surface area contributed by atoms with Gasteiger partial charge in [0.05, 0.1) is 0 Å². The lowest BCUT2D eigenvalue weighted by Crippen LogP contribution is -2.49. The van der Waals surface area contributed by atoms with Crippen molar-refractivity contribution in [3.8, 4) is 0 Å². The zero-order valence-electron chi connectivity index (χ0n) is 14.1. The quantitative estimate of drug-likeness (QED) is 0.934. The number of para-hydroxylation sites is 1. The van der Waals surface area contributed by atoms with Gasteiger partial charge in [-0.2, -0.15) is 0 Å². The molecule has 1 N–H and O–H groups in total. The van der Waals surface area contributed by atoms with Gasteiger partial charge in [-0.05, 0) is 38.1 Å². The van der Waals surface area contributed by atoms with Crippen LogP contribution in [0.2, 0.25) is 0 Å². The summed E-state index contributed by atoms with van der Waals surface area (Å²) < 4.78 is 0. The highest BCUT2D eigenvalue weighted by atomic mass is 16.1. The maximum atomic E-state index is 12.2. The number of carbonyl (C=O) groups excluding carboxylic acids is 1. The Labute approximate surface area is 142 Å². The first-order valence-electron chi connectivity index (χ1n) is 8.32. The number of piperazine rings is 1. The number of hydrogen-bond acceptors (Lipinski definition) is 5. The predicted octanol–water partition coefficient (Wildman–Crippen LogP) is 2.26. The van der Waals surface area contributed by atoms with E-state index in [-0.39, 0.29) is 5.91 Å². The minimum absolute atomic E-state index is 0.245. The maximum Gasteiger partial charge on any atom is 0.276 e. The summed E-state index contributed by atoms with van der Waals surface area (Å²) in [4.78, 5) is 16.8. The molecule has 0 saturated carbocycles. The second kappa shape index (κ2) is 7.40. The fraction of sp³-hybridized carbons (Fsp3) is 0.389. The van der Waals surface area contributed by atoms with Crippen molar-refractivity contribution in [3.05, 3.63) is 48.2 Å². The van der Waals surface area contributed by atoms with E-state index in [4.69, 9.17) is 0 Å². The second-order valence-corrected chi connectivity index (χ2v) is 6.21. The van der Waals surface area contributed by atoms with E-state index in [0.717, 1.165) is 37.7 Å². The van der Waals surface area contributed by atoms with Crippen LogP contribution < -0.4 is 10.2 Å². The first-order valence-corrected chi connectivity index (χ1v) is 8.32. The van der Waals surface area contributed by atoms with Gasteiger partial charge in [-0.15, -0.1) is 10.2 Å². The van der Waals surface area contributed by atoms with Gasteiger partial charge in [-0.1, -0.05) is 18.2 Å². The van der Waals surface area contributed by atoms with Crippen molar-refractivity contribution in [1.29, 1.82) is 0 Å². The summed E-state index contributed by atoms with van der Waals surface area (Å²) in [5, 5.41) is 11.1. The standard InChI is InChI=1S/C18H23N5O/c1-14(2)22-10-12-23(13-11-22)17-9-8-16(20-21-17)18(24)19-15-6-4-3-5-7-15/h3-9,14H,10-13H2,1-2H3,(H,19,24). The van der Waals surface area contributed by atoms with E-state index < -0.39 is 0 Å². The summed E-state index contributed by atoms with van der Waals surface area (Å²) in [6, 6.07) is 13.5. The monoisotopic (exact) mass is 325 g/mol. The maximum absolute atomic E-state index is 12.2.